The van der Waals surface area contributed by atoms with E-state index in [9.17, 15) is 10.1 Å². The summed E-state index contributed by atoms with van der Waals surface area (Å²) in [5.41, 5.74) is 3.51. The summed E-state index contributed by atoms with van der Waals surface area (Å²) in [4.78, 5) is 11.6. The Bertz CT molecular complexity index is 715. The summed E-state index contributed by atoms with van der Waals surface area (Å²) in [7, 11) is 0. The van der Waals surface area contributed by atoms with E-state index < -0.39 is 0 Å². The van der Waals surface area contributed by atoms with E-state index in [1.165, 1.54) is 11.8 Å². The van der Waals surface area contributed by atoms with Crippen molar-refractivity contribution in [2.75, 3.05) is 12.4 Å². The summed E-state index contributed by atoms with van der Waals surface area (Å²) in [6.07, 6.45) is 5.87. The molecule has 0 saturated carbocycles. The molecule has 1 aliphatic heterocycles. The molecule has 1 aromatic rings. The smallest absolute Gasteiger partial charge is 0.315 e. The number of carbonyl (C=O) groups excluding carboxylic acids is 1. The summed E-state index contributed by atoms with van der Waals surface area (Å²) in [5.74, 6) is -0.0604. The van der Waals surface area contributed by atoms with E-state index in [0.717, 1.165) is 16.8 Å². The van der Waals surface area contributed by atoms with Gasteiger partial charge in [0.05, 0.1) is 24.0 Å². The summed E-state index contributed by atoms with van der Waals surface area (Å²) in [6.45, 7) is 4.09. The van der Waals surface area contributed by atoms with Gasteiger partial charge < -0.3 is 10.1 Å². The van der Waals surface area contributed by atoms with Crippen LogP contribution in [0.5, 0.6) is 0 Å². The maximum atomic E-state index is 11.6. The first-order valence-electron chi connectivity index (χ1n) is 7.73. The number of carbonyl (C=O) groups is 1. The molecule has 5 heteroatoms. The largest absolute Gasteiger partial charge is 0.465 e. The van der Waals surface area contributed by atoms with Crippen LogP contribution in [0, 0.1) is 11.3 Å². The van der Waals surface area contributed by atoms with Gasteiger partial charge in [-0.1, -0.05) is 42.5 Å². The van der Waals surface area contributed by atoms with Crippen LogP contribution in [0.4, 0.5) is 0 Å². The van der Waals surface area contributed by atoms with E-state index in [1.807, 2.05) is 55.5 Å². The second-order valence-electron chi connectivity index (χ2n) is 5.19. The van der Waals surface area contributed by atoms with Crippen molar-refractivity contribution in [1.29, 1.82) is 5.26 Å². The number of nitrogens with zero attached hydrogens (tertiary/aromatic N) is 1. The highest BCUT2D eigenvalue weighted by atomic mass is 32.2. The van der Waals surface area contributed by atoms with E-state index >= 15 is 0 Å². The lowest BCUT2D eigenvalue weighted by Crippen LogP contribution is -2.31. The van der Waals surface area contributed by atoms with E-state index in [1.54, 1.807) is 6.92 Å². The van der Waals surface area contributed by atoms with Crippen molar-refractivity contribution in [3.8, 4) is 6.07 Å². The molecule has 124 valence electrons. The summed E-state index contributed by atoms with van der Waals surface area (Å²) < 4.78 is 4.95. The third-order valence-corrected chi connectivity index (χ3v) is 4.44. The molecule has 4 nitrogen and oxygen atoms in total. The molecule has 0 aliphatic carbocycles. The van der Waals surface area contributed by atoms with Gasteiger partial charge in [0.25, 0.3) is 0 Å². The van der Waals surface area contributed by atoms with Gasteiger partial charge in [-0.2, -0.15) is 5.26 Å². The zero-order valence-electron chi connectivity index (χ0n) is 13.8. The van der Waals surface area contributed by atoms with Crippen LogP contribution in [0.3, 0.4) is 0 Å². The third kappa shape index (κ3) is 5.04. The molecule has 1 unspecified atom stereocenters. The van der Waals surface area contributed by atoms with Gasteiger partial charge in [-0.15, -0.1) is 11.8 Å². The summed E-state index contributed by atoms with van der Waals surface area (Å²) >= 11 is 1.37. The van der Waals surface area contributed by atoms with Gasteiger partial charge in [0, 0.05) is 5.70 Å². The topological polar surface area (TPSA) is 62.1 Å². The zero-order chi connectivity index (χ0) is 17.4. The van der Waals surface area contributed by atoms with Crippen molar-refractivity contribution in [3.63, 3.8) is 0 Å². The van der Waals surface area contributed by atoms with Crippen molar-refractivity contribution >= 4 is 23.8 Å². The first-order chi connectivity index (χ1) is 11.6. The number of benzene rings is 1. The molecule has 1 aromatic carbocycles. The molecular weight excluding hydrogens is 320 g/mol. The number of rotatable bonds is 6. The first-order valence-corrected chi connectivity index (χ1v) is 8.78. The predicted octanol–water partition coefficient (Wildman–Crippen LogP) is 3.65. The number of ether oxygens (including phenoxy) is 1. The van der Waals surface area contributed by atoms with Crippen molar-refractivity contribution in [1.82, 2.24) is 5.32 Å². The van der Waals surface area contributed by atoms with Gasteiger partial charge in [-0.3, -0.25) is 4.79 Å². The quantitative estimate of drug-likeness (QED) is 0.801. The molecule has 0 saturated heterocycles. The Labute approximate surface area is 146 Å². The fourth-order valence-corrected chi connectivity index (χ4v) is 3.28. The minimum Gasteiger partial charge on any atom is -0.465 e. The van der Waals surface area contributed by atoms with Crippen LogP contribution in [0.25, 0.3) is 6.08 Å². The zero-order valence-corrected chi connectivity index (χ0v) is 14.6. The molecule has 24 heavy (non-hydrogen) atoms. The van der Waals surface area contributed by atoms with Crippen LogP contribution >= 0.6 is 11.8 Å². The second-order valence-corrected chi connectivity index (χ2v) is 6.29. The number of nitrogens with one attached hydrogen (secondary N) is 1. The average molecular weight is 340 g/mol. The van der Waals surface area contributed by atoms with E-state index in [0.29, 0.717) is 12.2 Å². The van der Waals surface area contributed by atoms with Crippen molar-refractivity contribution in [3.05, 3.63) is 64.9 Å². The van der Waals surface area contributed by atoms with Crippen molar-refractivity contribution < 1.29 is 9.53 Å². The number of hydrogen-bond acceptors (Lipinski definition) is 5. The van der Waals surface area contributed by atoms with Crippen LogP contribution in [0.1, 0.15) is 19.4 Å². The first kappa shape index (κ1) is 17.9. The Morgan fingerprint density at radius 1 is 1.38 bits per heavy atom. The van der Waals surface area contributed by atoms with Crippen LogP contribution in [0.15, 0.2) is 59.3 Å². The van der Waals surface area contributed by atoms with Gasteiger partial charge in [-0.05, 0) is 31.1 Å². The number of nitriles is 1. The minimum atomic E-state index is -0.268. The Hall–Kier alpha value is -2.45. The monoisotopic (exact) mass is 340 g/mol. The molecule has 0 aromatic heterocycles. The number of esters is 1. The highest BCUT2D eigenvalue weighted by molar-refractivity contribution is 8.00. The van der Waals surface area contributed by atoms with E-state index in [2.05, 4.69) is 11.4 Å². The summed E-state index contributed by atoms with van der Waals surface area (Å²) in [5, 5.41) is 12.5. The molecule has 1 atom stereocenters. The van der Waals surface area contributed by atoms with Gasteiger partial charge in [0.1, 0.15) is 5.37 Å². The molecule has 0 fully saturated rings. The van der Waals surface area contributed by atoms with Crippen LogP contribution in [-0.2, 0) is 9.53 Å². The third-order valence-electron chi connectivity index (χ3n) is 3.35. The van der Waals surface area contributed by atoms with Gasteiger partial charge in [0.2, 0.25) is 0 Å². The standard InChI is InChI=1S/C19H20N2O2S/c1-3-23-18(22)13-24-19-17(12-20)16(11-14(2)21-19)10-9-15-7-5-4-6-8-15/h4-11,19,21H,3,13H2,1-2H3/b10-9+. The fourth-order valence-electron chi connectivity index (χ4n) is 2.27. The lowest BCUT2D eigenvalue weighted by Gasteiger charge is -2.24. The summed E-state index contributed by atoms with van der Waals surface area (Å²) in [6, 6.07) is 12.2. The normalized spacial score (nSPS) is 17.2. The fraction of sp³-hybridized carbons (Fsp3) is 0.263. The van der Waals surface area contributed by atoms with Crippen LogP contribution < -0.4 is 5.32 Å². The van der Waals surface area contributed by atoms with Gasteiger partial charge in [-0.25, -0.2) is 0 Å². The lowest BCUT2D eigenvalue weighted by atomic mass is 10.0. The number of dihydropyridines is 1. The van der Waals surface area contributed by atoms with Crippen molar-refractivity contribution in [2.24, 2.45) is 0 Å². The molecule has 0 bridgehead atoms. The molecule has 0 spiro atoms. The highest BCUT2D eigenvalue weighted by Crippen LogP contribution is 2.27. The molecule has 1 heterocycles. The van der Waals surface area contributed by atoms with Gasteiger partial charge >= 0.3 is 5.97 Å². The Morgan fingerprint density at radius 3 is 2.79 bits per heavy atom. The van der Waals surface area contributed by atoms with Crippen LogP contribution in [-0.4, -0.2) is 23.7 Å². The number of hydrogen-bond donors (Lipinski definition) is 1. The molecule has 0 radical (unpaired) electrons. The molecule has 2 rings (SSSR count). The number of thioether (sulfide) groups is 1. The predicted molar refractivity (Wildman–Crippen MR) is 97.9 cm³/mol. The molecule has 1 aliphatic rings. The molecule has 1 N–H and O–H groups in total. The van der Waals surface area contributed by atoms with Gasteiger partial charge in [0.15, 0.2) is 0 Å². The minimum absolute atomic E-state index is 0.208. The molecule has 0 amide bonds. The Kier molecular flexibility index (Phi) is 6.71. The second kappa shape index (κ2) is 8.99. The average Bonchev–Trinajstić information content (AvgIpc) is 2.59. The maximum Gasteiger partial charge on any atom is 0.315 e. The number of allylic oxidation sites excluding steroid dienone is 4. The van der Waals surface area contributed by atoms with E-state index in [4.69, 9.17) is 4.74 Å². The van der Waals surface area contributed by atoms with Crippen LogP contribution in [0.2, 0.25) is 0 Å². The Morgan fingerprint density at radius 2 is 2.12 bits per heavy atom. The maximum absolute atomic E-state index is 11.6. The lowest BCUT2D eigenvalue weighted by molar-refractivity contribution is -0.139. The molecular formula is C19H20N2O2S. The SMILES string of the molecule is CCOC(=O)CSC1NC(C)=CC(/C=C/c2ccccc2)=C1C#N. The Balaban J connectivity index is 2.17. The van der Waals surface area contributed by atoms with E-state index in [-0.39, 0.29) is 17.1 Å². The highest BCUT2D eigenvalue weighted by Gasteiger charge is 2.22. The van der Waals surface area contributed by atoms with Crippen molar-refractivity contribution in [2.45, 2.75) is 19.2 Å².